The summed E-state index contributed by atoms with van der Waals surface area (Å²) in [6.45, 7) is 9.11. The molecule has 0 aliphatic rings. The molecular formula is C22H28N2O3. The van der Waals surface area contributed by atoms with Crippen molar-refractivity contribution in [3.8, 4) is 5.75 Å². The van der Waals surface area contributed by atoms with E-state index in [0.717, 1.165) is 5.56 Å². The third kappa shape index (κ3) is 5.33. The van der Waals surface area contributed by atoms with E-state index in [2.05, 4.69) is 5.32 Å². The fourth-order valence-electron chi connectivity index (χ4n) is 2.78. The third-order valence-corrected chi connectivity index (χ3v) is 4.48. The maximum Gasteiger partial charge on any atom is 0.265 e. The van der Waals surface area contributed by atoms with Crippen LogP contribution in [-0.4, -0.2) is 35.9 Å². The lowest BCUT2D eigenvalue weighted by Crippen LogP contribution is -2.32. The number of hydrogen-bond acceptors (Lipinski definition) is 3. The lowest BCUT2D eigenvalue weighted by atomic mass is 10.1. The molecule has 0 heterocycles. The van der Waals surface area contributed by atoms with Crippen LogP contribution in [0.3, 0.4) is 0 Å². The number of ether oxygens (including phenoxy) is 1. The summed E-state index contributed by atoms with van der Waals surface area (Å²) in [7, 11) is 0. The van der Waals surface area contributed by atoms with Crippen LogP contribution in [0, 0.1) is 6.92 Å². The van der Waals surface area contributed by atoms with Gasteiger partial charge in [0.1, 0.15) is 5.75 Å². The molecule has 5 heteroatoms. The fourth-order valence-corrected chi connectivity index (χ4v) is 2.78. The summed E-state index contributed by atoms with van der Waals surface area (Å²) in [5, 5.41) is 2.87. The summed E-state index contributed by atoms with van der Waals surface area (Å²) in [5.41, 5.74) is 2.24. The Morgan fingerprint density at radius 1 is 1.00 bits per heavy atom. The quantitative estimate of drug-likeness (QED) is 0.757. The van der Waals surface area contributed by atoms with Crippen molar-refractivity contribution < 1.29 is 14.3 Å². The van der Waals surface area contributed by atoms with Gasteiger partial charge in [-0.3, -0.25) is 9.59 Å². The molecular weight excluding hydrogens is 340 g/mol. The smallest absolute Gasteiger partial charge is 0.265 e. The third-order valence-electron chi connectivity index (χ3n) is 4.48. The van der Waals surface area contributed by atoms with Crippen molar-refractivity contribution in [1.29, 1.82) is 0 Å². The Balaban J connectivity index is 2.03. The zero-order valence-electron chi connectivity index (χ0n) is 16.5. The van der Waals surface area contributed by atoms with Gasteiger partial charge in [0, 0.05) is 24.3 Å². The van der Waals surface area contributed by atoms with Crippen molar-refractivity contribution in [1.82, 2.24) is 4.90 Å². The first-order valence-corrected chi connectivity index (χ1v) is 9.42. The van der Waals surface area contributed by atoms with Crippen LogP contribution < -0.4 is 10.1 Å². The fraction of sp³-hybridized carbons (Fsp3) is 0.364. The van der Waals surface area contributed by atoms with Gasteiger partial charge in [-0.05, 0) is 63.1 Å². The van der Waals surface area contributed by atoms with Gasteiger partial charge in [-0.2, -0.15) is 0 Å². The number of amides is 2. The number of hydrogen-bond donors (Lipinski definition) is 1. The van der Waals surface area contributed by atoms with Crippen molar-refractivity contribution in [2.45, 2.75) is 40.2 Å². The molecule has 2 aromatic rings. The van der Waals surface area contributed by atoms with E-state index in [1.807, 2.05) is 52.0 Å². The number of carbonyl (C=O) groups excluding carboxylic acids is 2. The molecule has 0 aromatic heterocycles. The normalized spacial score (nSPS) is 11.6. The second-order valence-corrected chi connectivity index (χ2v) is 6.32. The number of nitrogens with one attached hydrogen (secondary N) is 1. The SMILES string of the molecule is CCC(Oc1ccccc1C)C(=O)Nc1ccc(C(=O)N(CC)CC)cc1. The average Bonchev–Trinajstić information content (AvgIpc) is 2.68. The minimum atomic E-state index is -0.580. The molecule has 1 N–H and O–H groups in total. The van der Waals surface area contributed by atoms with Gasteiger partial charge in [-0.15, -0.1) is 0 Å². The highest BCUT2D eigenvalue weighted by molar-refractivity contribution is 5.97. The molecule has 0 saturated carbocycles. The van der Waals surface area contributed by atoms with Crippen molar-refractivity contribution >= 4 is 17.5 Å². The second kappa shape index (κ2) is 9.76. The van der Waals surface area contributed by atoms with Crippen LogP contribution in [0.15, 0.2) is 48.5 Å². The van der Waals surface area contributed by atoms with Gasteiger partial charge >= 0.3 is 0 Å². The topological polar surface area (TPSA) is 58.6 Å². The van der Waals surface area contributed by atoms with Crippen molar-refractivity contribution in [2.24, 2.45) is 0 Å². The predicted molar refractivity (Wildman–Crippen MR) is 108 cm³/mol. The van der Waals surface area contributed by atoms with Gasteiger partial charge in [-0.25, -0.2) is 0 Å². The number of rotatable bonds is 8. The number of nitrogens with zero attached hydrogens (tertiary/aromatic N) is 1. The molecule has 144 valence electrons. The largest absolute Gasteiger partial charge is 0.480 e. The second-order valence-electron chi connectivity index (χ2n) is 6.32. The van der Waals surface area contributed by atoms with Gasteiger partial charge < -0.3 is 15.0 Å². The number of para-hydroxylation sites is 1. The lowest BCUT2D eigenvalue weighted by molar-refractivity contribution is -0.122. The first-order valence-electron chi connectivity index (χ1n) is 9.42. The van der Waals surface area contributed by atoms with E-state index in [0.29, 0.717) is 36.5 Å². The minimum Gasteiger partial charge on any atom is -0.480 e. The van der Waals surface area contributed by atoms with Gasteiger partial charge in [0.2, 0.25) is 0 Å². The van der Waals surface area contributed by atoms with Gasteiger partial charge in [-0.1, -0.05) is 25.1 Å². The maximum atomic E-state index is 12.6. The molecule has 0 radical (unpaired) electrons. The first kappa shape index (κ1) is 20.5. The molecule has 0 spiro atoms. The highest BCUT2D eigenvalue weighted by Crippen LogP contribution is 2.20. The van der Waals surface area contributed by atoms with Crippen molar-refractivity contribution in [3.05, 3.63) is 59.7 Å². The van der Waals surface area contributed by atoms with Crippen molar-refractivity contribution in [2.75, 3.05) is 18.4 Å². The molecule has 2 rings (SSSR count). The monoisotopic (exact) mass is 368 g/mol. The Morgan fingerprint density at radius 3 is 2.19 bits per heavy atom. The Bertz CT molecular complexity index is 767. The number of aryl methyl sites for hydroxylation is 1. The molecule has 2 amide bonds. The molecule has 0 aliphatic heterocycles. The van der Waals surface area contributed by atoms with E-state index in [-0.39, 0.29) is 11.8 Å². The molecule has 27 heavy (non-hydrogen) atoms. The van der Waals surface area contributed by atoms with Crippen LogP contribution in [0.5, 0.6) is 5.75 Å². The van der Waals surface area contributed by atoms with Crippen LogP contribution in [-0.2, 0) is 4.79 Å². The minimum absolute atomic E-state index is 0.00722. The van der Waals surface area contributed by atoms with E-state index in [1.54, 1.807) is 29.2 Å². The Labute approximate surface area is 161 Å². The van der Waals surface area contributed by atoms with E-state index < -0.39 is 6.10 Å². The van der Waals surface area contributed by atoms with E-state index in [9.17, 15) is 9.59 Å². The van der Waals surface area contributed by atoms with Crippen molar-refractivity contribution in [3.63, 3.8) is 0 Å². The van der Waals surface area contributed by atoms with Crippen LogP contribution >= 0.6 is 0 Å². The molecule has 0 saturated heterocycles. The summed E-state index contributed by atoms with van der Waals surface area (Å²) < 4.78 is 5.88. The van der Waals surface area contributed by atoms with Gasteiger partial charge in [0.25, 0.3) is 11.8 Å². The summed E-state index contributed by atoms with van der Waals surface area (Å²) in [6, 6.07) is 14.6. The lowest BCUT2D eigenvalue weighted by Gasteiger charge is -2.20. The molecule has 0 aliphatic carbocycles. The van der Waals surface area contributed by atoms with Crippen LogP contribution in [0.25, 0.3) is 0 Å². The number of carbonyl (C=O) groups is 2. The maximum absolute atomic E-state index is 12.6. The highest BCUT2D eigenvalue weighted by Gasteiger charge is 2.19. The van der Waals surface area contributed by atoms with Crippen LogP contribution in [0.4, 0.5) is 5.69 Å². The van der Waals surface area contributed by atoms with Gasteiger partial charge in [0.15, 0.2) is 6.10 Å². The summed E-state index contributed by atoms with van der Waals surface area (Å²) in [6.07, 6.45) is -0.0262. The van der Waals surface area contributed by atoms with E-state index >= 15 is 0 Å². The predicted octanol–water partition coefficient (Wildman–Crippen LogP) is 4.27. The molecule has 5 nitrogen and oxygen atoms in total. The Morgan fingerprint density at radius 2 is 1.63 bits per heavy atom. The van der Waals surface area contributed by atoms with Crippen LogP contribution in [0.1, 0.15) is 43.1 Å². The molecule has 0 bridgehead atoms. The van der Waals surface area contributed by atoms with Gasteiger partial charge in [0.05, 0.1) is 0 Å². The first-order chi connectivity index (χ1) is 13.0. The standard InChI is InChI=1S/C22H28N2O3/c1-5-19(27-20-11-9-8-10-16(20)4)21(25)23-18-14-12-17(13-15-18)22(26)24(6-2)7-3/h8-15,19H,5-7H2,1-4H3,(H,23,25). The van der Waals surface area contributed by atoms with E-state index in [4.69, 9.17) is 4.74 Å². The number of anilines is 1. The molecule has 2 aromatic carbocycles. The Kier molecular flexibility index (Phi) is 7.41. The number of benzene rings is 2. The molecule has 1 unspecified atom stereocenters. The molecule has 0 fully saturated rings. The summed E-state index contributed by atoms with van der Waals surface area (Å²) in [5.74, 6) is 0.496. The Hall–Kier alpha value is -2.82. The van der Waals surface area contributed by atoms with E-state index in [1.165, 1.54) is 0 Å². The highest BCUT2D eigenvalue weighted by atomic mass is 16.5. The zero-order chi connectivity index (χ0) is 19.8. The summed E-state index contributed by atoms with van der Waals surface area (Å²) >= 11 is 0. The molecule has 1 atom stereocenters. The summed E-state index contributed by atoms with van der Waals surface area (Å²) in [4.78, 5) is 26.7. The average molecular weight is 368 g/mol. The zero-order valence-corrected chi connectivity index (χ0v) is 16.5. The van der Waals surface area contributed by atoms with Crippen LogP contribution in [0.2, 0.25) is 0 Å².